The van der Waals surface area contributed by atoms with Gasteiger partial charge in [0.1, 0.15) is 11.5 Å². The second-order valence-corrected chi connectivity index (χ2v) is 9.27. The van der Waals surface area contributed by atoms with Crippen LogP contribution < -0.4 is 23.7 Å². The van der Waals surface area contributed by atoms with E-state index in [1.54, 1.807) is 42.5 Å². The number of benzene rings is 3. The fourth-order valence-electron chi connectivity index (χ4n) is 3.84. The van der Waals surface area contributed by atoms with Gasteiger partial charge in [-0.05, 0) is 59.0 Å². The lowest BCUT2D eigenvalue weighted by Crippen LogP contribution is -2.12. The van der Waals surface area contributed by atoms with Crippen LogP contribution in [0.2, 0.25) is 0 Å². The number of allylic oxidation sites excluding steroid dienone is 1. The van der Waals surface area contributed by atoms with E-state index in [1.807, 2.05) is 12.1 Å². The molecule has 0 spiro atoms. The number of carbonyl (C=O) groups is 2. The Hall–Kier alpha value is -4.26. The first-order valence-corrected chi connectivity index (χ1v) is 11.4. The zero-order valence-electron chi connectivity index (χ0n) is 21.1. The zero-order valence-corrected chi connectivity index (χ0v) is 21.1. The molecule has 0 bridgehead atoms. The van der Waals surface area contributed by atoms with Crippen LogP contribution in [-0.4, -0.2) is 33.1 Å². The Bertz CT molecular complexity index is 1320. The molecule has 0 atom stereocenters. The van der Waals surface area contributed by atoms with Gasteiger partial charge in [-0.25, -0.2) is 4.79 Å². The van der Waals surface area contributed by atoms with E-state index < -0.39 is 5.97 Å². The van der Waals surface area contributed by atoms with Crippen LogP contribution in [0.25, 0.3) is 6.08 Å². The van der Waals surface area contributed by atoms with E-state index >= 15 is 0 Å². The second kappa shape index (κ2) is 9.77. The Morgan fingerprint density at radius 3 is 2.06 bits per heavy atom. The molecule has 3 aromatic rings. The molecule has 3 aromatic carbocycles. The van der Waals surface area contributed by atoms with Crippen molar-refractivity contribution in [3.8, 4) is 28.7 Å². The first-order valence-electron chi connectivity index (χ1n) is 11.4. The lowest BCUT2D eigenvalue weighted by Gasteiger charge is -2.18. The van der Waals surface area contributed by atoms with Gasteiger partial charge in [0.2, 0.25) is 11.5 Å². The molecular formula is C29H28O7. The molecule has 1 aliphatic heterocycles. The van der Waals surface area contributed by atoms with Gasteiger partial charge >= 0.3 is 5.97 Å². The highest BCUT2D eigenvalue weighted by Gasteiger charge is 2.28. The van der Waals surface area contributed by atoms with Gasteiger partial charge in [0.05, 0.1) is 32.5 Å². The summed E-state index contributed by atoms with van der Waals surface area (Å²) in [4.78, 5) is 25.6. The number of fused-ring (bicyclic) bond motifs is 1. The van der Waals surface area contributed by atoms with E-state index in [4.69, 9.17) is 23.7 Å². The second-order valence-electron chi connectivity index (χ2n) is 9.27. The van der Waals surface area contributed by atoms with Crippen molar-refractivity contribution in [2.75, 3.05) is 21.3 Å². The minimum Gasteiger partial charge on any atom is -0.493 e. The number of ketones is 1. The molecule has 186 valence electrons. The summed E-state index contributed by atoms with van der Waals surface area (Å²) in [5.74, 6) is 1.30. The van der Waals surface area contributed by atoms with Crippen LogP contribution in [0.3, 0.4) is 0 Å². The number of carbonyl (C=O) groups excluding carboxylic acids is 2. The maximum Gasteiger partial charge on any atom is 0.343 e. The summed E-state index contributed by atoms with van der Waals surface area (Å²) < 4.78 is 27.4. The van der Waals surface area contributed by atoms with Gasteiger partial charge in [-0.2, -0.15) is 0 Å². The lowest BCUT2D eigenvalue weighted by atomic mass is 9.87. The zero-order chi connectivity index (χ0) is 26.0. The highest BCUT2D eigenvalue weighted by Crippen LogP contribution is 2.40. The normalized spacial score (nSPS) is 13.7. The highest BCUT2D eigenvalue weighted by atomic mass is 16.5. The number of hydrogen-bond donors (Lipinski definition) is 0. The van der Waals surface area contributed by atoms with E-state index in [9.17, 15) is 9.59 Å². The summed E-state index contributed by atoms with van der Waals surface area (Å²) in [6, 6.07) is 15.4. The first-order chi connectivity index (χ1) is 17.1. The minimum absolute atomic E-state index is 0.0143. The van der Waals surface area contributed by atoms with Crippen molar-refractivity contribution in [3.63, 3.8) is 0 Å². The van der Waals surface area contributed by atoms with Gasteiger partial charge in [0.25, 0.3) is 0 Å². The average Bonchev–Trinajstić information content (AvgIpc) is 3.16. The Morgan fingerprint density at radius 1 is 0.861 bits per heavy atom. The number of Topliss-reactive ketones (excluding diaryl/α,β-unsaturated/α-hetero) is 1. The number of methoxy groups -OCH3 is 3. The summed E-state index contributed by atoms with van der Waals surface area (Å²) >= 11 is 0. The molecule has 0 aromatic heterocycles. The third kappa shape index (κ3) is 4.91. The van der Waals surface area contributed by atoms with Gasteiger partial charge in [-0.1, -0.05) is 32.9 Å². The predicted molar refractivity (Wildman–Crippen MR) is 136 cm³/mol. The molecular weight excluding hydrogens is 460 g/mol. The molecule has 0 fully saturated rings. The van der Waals surface area contributed by atoms with Gasteiger partial charge in [0.15, 0.2) is 17.3 Å². The SMILES string of the molecule is COc1cc(/C=C2\Oc3cc(OC(=O)c4ccc(C(C)(C)C)cc4)ccc3C2=O)cc(OC)c1OC. The molecule has 0 saturated carbocycles. The maximum absolute atomic E-state index is 12.9. The van der Waals surface area contributed by atoms with E-state index in [0.29, 0.717) is 39.7 Å². The monoisotopic (exact) mass is 488 g/mol. The van der Waals surface area contributed by atoms with Crippen molar-refractivity contribution in [1.29, 1.82) is 0 Å². The van der Waals surface area contributed by atoms with Gasteiger partial charge in [-0.15, -0.1) is 0 Å². The maximum atomic E-state index is 12.9. The van der Waals surface area contributed by atoms with Gasteiger partial charge in [-0.3, -0.25) is 4.79 Å². The number of hydrogen-bond acceptors (Lipinski definition) is 7. The highest BCUT2D eigenvalue weighted by molar-refractivity contribution is 6.14. The summed E-state index contributed by atoms with van der Waals surface area (Å²) in [6.07, 6.45) is 1.59. The van der Waals surface area contributed by atoms with Gasteiger partial charge < -0.3 is 23.7 Å². The predicted octanol–water partition coefficient (Wildman–Crippen LogP) is 5.85. The molecule has 4 rings (SSSR count). The molecule has 0 aliphatic carbocycles. The molecule has 0 amide bonds. The van der Waals surface area contributed by atoms with Gasteiger partial charge in [0, 0.05) is 6.07 Å². The molecule has 7 heteroatoms. The summed E-state index contributed by atoms with van der Waals surface area (Å²) in [6.45, 7) is 6.32. The molecule has 0 saturated heterocycles. The summed E-state index contributed by atoms with van der Waals surface area (Å²) in [5.41, 5.74) is 2.55. The quantitative estimate of drug-likeness (QED) is 0.245. The van der Waals surface area contributed by atoms with Crippen LogP contribution >= 0.6 is 0 Å². The van der Waals surface area contributed by atoms with Crippen LogP contribution in [0.1, 0.15) is 52.6 Å². The van der Waals surface area contributed by atoms with Crippen molar-refractivity contribution in [1.82, 2.24) is 0 Å². The Labute approximate surface area is 210 Å². The smallest absolute Gasteiger partial charge is 0.343 e. The molecule has 7 nitrogen and oxygen atoms in total. The van der Waals surface area contributed by atoms with E-state index in [1.165, 1.54) is 27.4 Å². The number of esters is 1. The van der Waals surface area contributed by atoms with Crippen molar-refractivity contribution in [2.45, 2.75) is 26.2 Å². The third-order valence-electron chi connectivity index (χ3n) is 5.82. The average molecular weight is 489 g/mol. The number of rotatable bonds is 6. The molecule has 0 radical (unpaired) electrons. The fraction of sp³-hybridized carbons (Fsp3) is 0.241. The molecule has 0 unspecified atom stereocenters. The lowest BCUT2D eigenvalue weighted by molar-refractivity contribution is 0.0734. The Morgan fingerprint density at radius 2 is 1.50 bits per heavy atom. The topological polar surface area (TPSA) is 80.3 Å². The summed E-state index contributed by atoms with van der Waals surface area (Å²) in [7, 11) is 4.55. The van der Waals surface area contributed by atoms with Crippen LogP contribution in [-0.2, 0) is 5.41 Å². The minimum atomic E-state index is -0.493. The van der Waals surface area contributed by atoms with E-state index in [-0.39, 0.29) is 22.7 Å². The molecule has 1 aliphatic rings. The molecule has 0 N–H and O–H groups in total. The third-order valence-corrected chi connectivity index (χ3v) is 5.82. The van der Waals surface area contributed by atoms with E-state index in [0.717, 1.165) is 5.56 Å². The fourth-order valence-corrected chi connectivity index (χ4v) is 3.84. The van der Waals surface area contributed by atoms with Crippen molar-refractivity contribution < 1.29 is 33.3 Å². The Balaban J connectivity index is 1.54. The standard InChI is InChI=1S/C29H28O7/c1-29(2,3)19-9-7-18(8-10-19)28(31)35-20-11-12-21-22(16-20)36-23(26(21)30)13-17-14-24(32-4)27(34-6)25(15-17)33-5/h7-16H,1-6H3/b23-13-. The van der Waals surface area contributed by atoms with Crippen LogP contribution in [0.15, 0.2) is 60.4 Å². The summed E-state index contributed by atoms with van der Waals surface area (Å²) in [5, 5.41) is 0. The van der Waals surface area contributed by atoms with Crippen LogP contribution in [0, 0.1) is 0 Å². The molecule has 1 heterocycles. The van der Waals surface area contributed by atoms with Crippen LogP contribution in [0.5, 0.6) is 28.7 Å². The Kier molecular flexibility index (Phi) is 6.75. The molecule has 36 heavy (non-hydrogen) atoms. The van der Waals surface area contributed by atoms with Crippen molar-refractivity contribution in [3.05, 3.63) is 82.6 Å². The van der Waals surface area contributed by atoms with E-state index in [2.05, 4.69) is 20.8 Å². The largest absolute Gasteiger partial charge is 0.493 e. The van der Waals surface area contributed by atoms with Crippen LogP contribution in [0.4, 0.5) is 0 Å². The van der Waals surface area contributed by atoms with Crippen molar-refractivity contribution in [2.24, 2.45) is 0 Å². The van der Waals surface area contributed by atoms with Crippen molar-refractivity contribution >= 4 is 17.8 Å². The number of ether oxygens (including phenoxy) is 5. The first kappa shape index (κ1) is 24.9.